The smallest absolute Gasteiger partial charge is 0.351 e. The Morgan fingerprint density at radius 1 is 1.12 bits per heavy atom. The third-order valence-electron chi connectivity index (χ3n) is 6.09. The number of nitrogens with zero attached hydrogens (tertiary/aromatic N) is 2. The van der Waals surface area contributed by atoms with Crippen molar-refractivity contribution in [2.45, 2.75) is 31.9 Å². The molecule has 1 saturated heterocycles. The van der Waals surface area contributed by atoms with E-state index in [1.165, 1.54) is 11.1 Å². The van der Waals surface area contributed by atoms with Gasteiger partial charge < -0.3 is 19.5 Å². The second-order valence-corrected chi connectivity index (χ2v) is 8.43. The van der Waals surface area contributed by atoms with E-state index in [9.17, 15) is 4.79 Å². The normalized spacial score (nSPS) is 17.2. The van der Waals surface area contributed by atoms with Gasteiger partial charge in [0.15, 0.2) is 0 Å². The molecule has 1 N–H and O–H groups in total. The first-order chi connectivity index (χ1) is 16.3. The number of benzene rings is 2. The zero-order valence-corrected chi connectivity index (χ0v) is 18.7. The maximum absolute atomic E-state index is 12.6. The highest BCUT2D eigenvalue weighted by Crippen LogP contribution is 2.30. The zero-order valence-electron chi connectivity index (χ0n) is 18.7. The average molecular weight is 448 g/mol. The molecule has 0 saturated carbocycles. The van der Waals surface area contributed by atoms with Crippen LogP contribution in [0.15, 0.2) is 59.4 Å². The predicted molar refractivity (Wildman–Crippen MR) is 127 cm³/mol. The molecular formula is C26H29N3O4. The predicted octanol–water partition coefficient (Wildman–Crippen LogP) is 3.31. The van der Waals surface area contributed by atoms with Crippen LogP contribution in [0.3, 0.4) is 0 Å². The maximum atomic E-state index is 12.6. The lowest BCUT2D eigenvalue weighted by molar-refractivity contribution is -0.102. The van der Waals surface area contributed by atoms with Gasteiger partial charge in [0.2, 0.25) is 5.88 Å². The number of nitrogens with one attached hydrogen (secondary N) is 1. The van der Waals surface area contributed by atoms with Gasteiger partial charge in [0.05, 0.1) is 25.5 Å². The van der Waals surface area contributed by atoms with Crippen LogP contribution in [0.5, 0.6) is 5.88 Å². The van der Waals surface area contributed by atoms with Crippen LogP contribution in [-0.4, -0.2) is 48.6 Å². The Hall–Kier alpha value is -3.16. The van der Waals surface area contributed by atoms with Gasteiger partial charge >= 0.3 is 5.69 Å². The Kier molecular flexibility index (Phi) is 6.69. The number of aryl methyl sites for hydroxylation is 2. The van der Waals surface area contributed by atoms with Crippen molar-refractivity contribution in [1.82, 2.24) is 9.55 Å². The lowest BCUT2D eigenvalue weighted by Crippen LogP contribution is -2.34. The van der Waals surface area contributed by atoms with Crippen LogP contribution in [-0.2, 0) is 28.9 Å². The molecule has 7 nitrogen and oxygen atoms in total. The molecule has 0 aliphatic carbocycles. The number of hydrogen-bond acceptors (Lipinski definition) is 6. The van der Waals surface area contributed by atoms with E-state index in [0.717, 1.165) is 42.8 Å². The maximum Gasteiger partial charge on any atom is 0.351 e. The highest BCUT2D eigenvalue weighted by molar-refractivity contribution is 5.67. The van der Waals surface area contributed by atoms with Gasteiger partial charge in [-0.15, -0.1) is 0 Å². The summed E-state index contributed by atoms with van der Waals surface area (Å²) in [5, 5.41) is 3.46. The summed E-state index contributed by atoms with van der Waals surface area (Å²) in [6.07, 6.45) is 2.76. The van der Waals surface area contributed by atoms with Crippen molar-refractivity contribution in [3.05, 3.63) is 76.2 Å². The molecule has 33 heavy (non-hydrogen) atoms. The number of ether oxygens (including phenoxy) is 3. The van der Waals surface area contributed by atoms with E-state index < -0.39 is 0 Å². The van der Waals surface area contributed by atoms with Crippen LogP contribution in [0, 0.1) is 0 Å². The topological polar surface area (TPSA) is 74.6 Å². The fraction of sp³-hybridized carbons (Fsp3) is 0.385. The van der Waals surface area contributed by atoms with Gasteiger partial charge in [-0.3, -0.25) is 4.57 Å². The number of para-hydroxylation sites is 1. The monoisotopic (exact) mass is 447 g/mol. The molecule has 172 valence electrons. The van der Waals surface area contributed by atoms with E-state index in [2.05, 4.69) is 40.6 Å². The number of aromatic nitrogens is 2. The highest BCUT2D eigenvalue weighted by atomic mass is 16.6. The molecule has 1 aromatic heterocycles. The fourth-order valence-electron chi connectivity index (χ4n) is 4.38. The van der Waals surface area contributed by atoms with Crippen LogP contribution in [0.25, 0.3) is 11.3 Å². The fourth-order valence-corrected chi connectivity index (χ4v) is 4.38. The summed E-state index contributed by atoms with van der Waals surface area (Å²) in [5.41, 5.74) is 5.41. The van der Waals surface area contributed by atoms with E-state index in [0.29, 0.717) is 38.9 Å². The third kappa shape index (κ3) is 5.26. The summed E-state index contributed by atoms with van der Waals surface area (Å²) >= 11 is 0. The summed E-state index contributed by atoms with van der Waals surface area (Å²) in [7, 11) is 0. The first kappa shape index (κ1) is 21.7. The largest absolute Gasteiger partial charge is 0.475 e. The van der Waals surface area contributed by atoms with Crippen molar-refractivity contribution < 1.29 is 14.2 Å². The number of hydrogen-bond donors (Lipinski definition) is 1. The van der Waals surface area contributed by atoms with Crippen molar-refractivity contribution >= 4 is 5.69 Å². The molecule has 0 bridgehead atoms. The van der Waals surface area contributed by atoms with Gasteiger partial charge in [-0.1, -0.05) is 36.4 Å². The minimum atomic E-state index is -0.273. The second-order valence-electron chi connectivity index (χ2n) is 8.43. The van der Waals surface area contributed by atoms with Gasteiger partial charge in [-0.2, -0.15) is 4.98 Å². The molecule has 2 aliphatic rings. The molecule has 1 unspecified atom stereocenters. The summed E-state index contributed by atoms with van der Waals surface area (Å²) in [6, 6.07) is 18.7. The number of fused-ring (bicyclic) bond motifs is 3. The van der Waals surface area contributed by atoms with Crippen molar-refractivity contribution in [3.8, 4) is 17.1 Å². The van der Waals surface area contributed by atoms with Crippen LogP contribution in [0.4, 0.5) is 5.69 Å². The van der Waals surface area contributed by atoms with Crippen molar-refractivity contribution in [2.75, 3.05) is 38.3 Å². The van der Waals surface area contributed by atoms with E-state index >= 15 is 0 Å². The quantitative estimate of drug-likeness (QED) is 0.534. The molecule has 2 aromatic carbocycles. The number of rotatable bonds is 8. The van der Waals surface area contributed by atoms with Crippen molar-refractivity contribution in [1.29, 1.82) is 0 Å². The van der Waals surface area contributed by atoms with E-state index in [1.807, 2.05) is 24.3 Å². The minimum absolute atomic E-state index is 0.134. The van der Waals surface area contributed by atoms with Crippen LogP contribution in [0.2, 0.25) is 0 Å². The average Bonchev–Trinajstić information content (AvgIpc) is 2.86. The summed E-state index contributed by atoms with van der Waals surface area (Å²) in [6.45, 7) is 3.55. The van der Waals surface area contributed by atoms with Gasteiger partial charge in [0.1, 0.15) is 12.7 Å². The van der Waals surface area contributed by atoms with E-state index in [1.54, 1.807) is 4.57 Å². The van der Waals surface area contributed by atoms with Crippen molar-refractivity contribution in [2.24, 2.45) is 0 Å². The molecular weight excluding hydrogens is 418 g/mol. The van der Waals surface area contributed by atoms with Crippen LogP contribution in [0.1, 0.15) is 17.5 Å². The van der Waals surface area contributed by atoms with E-state index in [-0.39, 0.29) is 11.8 Å². The molecule has 0 amide bonds. The molecule has 0 spiro atoms. The molecule has 1 fully saturated rings. The summed E-state index contributed by atoms with van der Waals surface area (Å²) in [5.74, 6) is 0.337. The summed E-state index contributed by atoms with van der Waals surface area (Å²) < 4.78 is 18.5. The molecule has 3 aromatic rings. The minimum Gasteiger partial charge on any atom is -0.475 e. The lowest BCUT2D eigenvalue weighted by atomic mass is 9.94. The zero-order chi connectivity index (χ0) is 22.5. The van der Waals surface area contributed by atoms with E-state index in [4.69, 9.17) is 14.2 Å². The molecule has 0 radical (unpaired) electrons. The van der Waals surface area contributed by atoms with Crippen LogP contribution < -0.4 is 15.7 Å². The van der Waals surface area contributed by atoms with Crippen LogP contribution >= 0.6 is 0 Å². The molecule has 1 atom stereocenters. The third-order valence-corrected chi connectivity index (χ3v) is 6.09. The Labute approximate surface area is 193 Å². The van der Waals surface area contributed by atoms with Gasteiger partial charge in [-0.05, 0) is 42.5 Å². The Bertz CT molecular complexity index is 1140. The standard InChI is InChI=1S/C26H29N3O4/c30-26-28-25(33-18-22-17-31-13-14-32-22)16-24-23-9-8-19(15-20(23)10-12-29(24)26)5-4-11-27-21-6-2-1-3-7-21/h1-3,6-9,15-16,22,27H,4-5,10-14,17-18H2. The molecule has 2 aliphatic heterocycles. The van der Waals surface area contributed by atoms with Gasteiger partial charge in [-0.25, -0.2) is 4.79 Å². The Balaban J connectivity index is 1.25. The lowest BCUT2D eigenvalue weighted by Gasteiger charge is -2.24. The molecule has 7 heteroatoms. The Morgan fingerprint density at radius 3 is 2.88 bits per heavy atom. The van der Waals surface area contributed by atoms with Gasteiger partial charge in [0, 0.05) is 30.4 Å². The first-order valence-electron chi connectivity index (χ1n) is 11.6. The SMILES string of the molecule is O=c1nc(OCC2COCCO2)cc2n1CCc1cc(CCCNc3ccccc3)ccc1-2. The molecule has 5 rings (SSSR count). The van der Waals surface area contributed by atoms with Gasteiger partial charge in [0.25, 0.3) is 0 Å². The Morgan fingerprint density at radius 2 is 2.03 bits per heavy atom. The molecule has 3 heterocycles. The summed E-state index contributed by atoms with van der Waals surface area (Å²) in [4.78, 5) is 16.7. The highest BCUT2D eigenvalue weighted by Gasteiger charge is 2.21. The second kappa shape index (κ2) is 10.2. The van der Waals surface area contributed by atoms with Crippen molar-refractivity contribution in [3.63, 3.8) is 0 Å². The first-order valence-corrected chi connectivity index (χ1v) is 11.6. The number of anilines is 1.